The monoisotopic (exact) mass is 258 g/mol. The van der Waals surface area contributed by atoms with Gasteiger partial charge >= 0.3 is 0 Å². The van der Waals surface area contributed by atoms with E-state index in [1.807, 2.05) is 36.4 Å². The van der Waals surface area contributed by atoms with Gasteiger partial charge in [-0.15, -0.1) is 0 Å². The fourth-order valence-electron chi connectivity index (χ4n) is 1.88. The third-order valence-electron chi connectivity index (χ3n) is 2.84. The number of aliphatic hydroxyl groups is 1. The zero-order valence-corrected chi connectivity index (χ0v) is 10.9. The molecule has 0 unspecified atom stereocenters. The lowest BCUT2D eigenvalue weighted by Crippen LogP contribution is -2.01. The quantitative estimate of drug-likeness (QED) is 0.720. The average molecular weight is 258 g/mol. The van der Waals surface area contributed by atoms with Gasteiger partial charge in [-0.25, -0.2) is 0 Å². The number of nitrogens with one attached hydrogen (secondary N) is 1. The van der Waals surface area contributed by atoms with Gasteiger partial charge in [0.25, 0.3) is 0 Å². The molecule has 4 nitrogen and oxygen atoms in total. The molecule has 0 bridgehead atoms. The number of hydrogen-bond donors (Lipinski definition) is 3. The highest BCUT2D eigenvalue weighted by molar-refractivity contribution is 5.59. The van der Waals surface area contributed by atoms with Gasteiger partial charge in [-0.05, 0) is 17.2 Å². The van der Waals surface area contributed by atoms with Crippen LogP contribution in [0.5, 0.6) is 5.75 Å². The van der Waals surface area contributed by atoms with Gasteiger partial charge in [0, 0.05) is 30.1 Å². The summed E-state index contributed by atoms with van der Waals surface area (Å²) in [5.41, 5.74) is 9.37. The van der Waals surface area contributed by atoms with Gasteiger partial charge < -0.3 is 20.9 Å². The SMILES string of the molecule is COc1cc(N)cc(NCc2cccc(CO)c2)c1. The topological polar surface area (TPSA) is 67.5 Å². The highest BCUT2D eigenvalue weighted by Gasteiger charge is 2.00. The molecule has 0 atom stereocenters. The van der Waals surface area contributed by atoms with Crippen molar-refractivity contribution in [1.82, 2.24) is 0 Å². The number of aliphatic hydroxyl groups excluding tert-OH is 1. The number of rotatable bonds is 5. The minimum absolute atomic E-state index is 0.0555. The van der Waals surface area contributed by atoms with Gasteiger partial charge in [0.1, 0.15) is 5.75 Å². The molecular weight excluding hydrogens is 240 g/mol. The Bertz CT molecular complexity index is 556. The molecular formula is C15H18N2O2. The van der Waals surface area contributed by atoms with Gasteiger partial charge in [-0.2, -0.15) is 0 Å². The van der Waals surface area contributed by atoms with Crippen LogP contribution in [0.25, 0.3) is 0 Å². The van der Waals surface area contributed by atoms with Crippen LogP contribution >= 0.6 is 0 Å². The van der Waals surface area contributed by atoms with Crippen LogP contribution in [0.4, 0.5) is 11.4 Å². The van der Waals surface area contributed by atoms with Crippen LogP contribution in [0.3, 0.4) is 0 Å². The zero-order chi connectivity index (χ0) is 13.7. The first-order valence-corrected chi connectivity index (χ1v) is 6.08. The molecule has 0 saturated heterocycles. The summed E-state index contributed by atoms with van der Waals surface area (Å²) < 4.78 is 5.17. The summed E-state index contributed by atoms with van der Waals surface area (Å²) in [5.74, 6) is 0.728. The van der Waals surface area contributed by atoms with Gasteiger partial charge in [-0.3, -0.25) is 0 Å². The summed E-state index contributed by atoms with van der Waals surface area (Å²) >= 11 is 0. The maximum atomic E-state index is 9.10. The van der Waals surface area contributed by atoms with E-state index in [1.54, 1.807) is 13.2 Å². The van der Waals surface area contributed by atoms with Crippen molar-refractivity contribution in [2.75, 3.05) is 18.2 Å². The minimum Gasteiger partial charge on any atom is -0.497 e. The van der Waals surface area contributed by atoms with E-state index in [9.17, 15) is 0 Å². The maximum Gasteiger partial charge on any atom is 0.122 e. The molecule has 0 fully saturated rings. The van der Waals surface area contributed by atoms with E-state index in [0.717, 1.165) is 22.6 Å². The van der Waals surface area contributed by atoms with Gasteiger partial charge in [0.05, 0.1) is 13.7 Å². The van der Waals surface area contributed by atoms with E-state index >= 15 is 0 Å². The Kier molecular flexibility index (Phi) is 4.26. The summed E-state index contributed by atoms with van der Waals surface area (Å²) in [5, 5.41) is 12.4. The predicted molar refractivity (Wildman–Crippen MR) is 77.1 cm³/mol. The molecule has 0 heterocycles. The third kappa shape index (κ3) is 3.63. The number of nitrogens with two attached hydrogens (primary N) is 1. The van der Waals surface area contributed by atoms with Crippen LogP contribution in [0.2, 0.25) is 0 Å². The van der Waals surface area contributed by atoms with E-state index in [1.165, 1.54) is 0 Å². The fraction of sp³-hybridized carbons (Fsp3) is 0.200. The molecule has 4 heteroatoms. The summed E-state index contributed by atoms with van der Waals surface area (Å²) in [6.45, 7) is 0.723. The van der Waals surface area contributed by atoms with E-state index < -0.39 is 0 Å². The van der Waals surface area contributed by atoms with Crippen molar-refractivity contribution in [2.24, 2.45) is 0 Å². The Morgan fingerprint density at radius 2 is 1.95 bits per heavy atom. The molecule has 0 aromatic heterocycles. The van der Waals surface area contributed by atoms with Crippen molar-refractivity contribution in [3.05, 3.63) is 53.6 Å². The number of ether oxygens (including phenoxy) is 1. The molecule has 19 heavy (non-hydrogen) atoms. The minimum atomic E-state index is 0.0555. The number of hydrogen-bond acceptors (Lipinski definition) is 4. The summed E-state index contributed by atoms with van der Waals surface area (Å²) in [4.78, 5) is 0. The van der Waals surface area contributed by atoms with E-state index in [0.29, 0.717) is 12.2 Å². The molecule has 0 radical (unpaired) electrons. The molecule has 0 saturated carbocycles. The molecule has 4 N–H and O–H groups in total. The van der Waals surface area contributed by atoms with Crippen LogP contribution < -0.4 is 15.8 Å². The Morgan fingerprint density at radius 3 is 2.68 bits per heavy atom. The fourth-order valence-corrected chi connectivity index (χ4v) is 1.88. The second-order valence-corrected chi connectivity index (χ2v) is 4.33. The van der Waals surface area contributed by atoms with Gasteiger partial charge in [0.15, 0.2) is 0 Å². The van der Waals surface area contributed by atoms with Crippen molar-refractivity contribution in [3.8, 4) is 5.75 Å². The molecule has 100 valence electrons. The molecule has 0 aliphatic rings. The second-order valence-electron chi connectivity index (χ2n) is 4.33. The largest absolute Gasteiger partial charge is 0.497 e. The lowest BCUT2D eigenvalue weighted by Gasteiger charge is -2.10. The van der Waals surface area contributed by atoms with Crippen LogP contribution in [-0.4, -0.2) is 12.2 Å². The van der Waals surface area contributed by atoms with Crippen LogP contribution in [0.1, 0.15) is 11.1 Å². The highest BCUT2D eigenvalue weighted by atomic mass is 16.5. The molecule has 0 aliphatic carbocycles. The summed E-state index contributed by atoms with van der Waals surface area (Å²) in [6.07, 6.45) is 0. The second kappa shape index (κ2) is 6.11. The highest BCUT2D eigenvalue weighted by Crippen LogP contribution is 2.22. The van der Waals surface area contributed by atoms with Crippen molar-refractivity contribution < 1.29 is 9.84 Å². The lowest BCUT2D eigenvalue weighted by atomic mass is 10.1. The first-order chi connectivity index (χ1) is 9.21. The number of anilines is 2. The molecule has 2 aromatic carbocycles. The lowest BCUT2D eigenvalue weighted by molar-refractivity contribution is 0.281. The Morgan fingerprint density at radius 1 is 1.16 bits per heavy atom. The average Bonchev–Trinajstić information content (AvgIpc) is 2.44. The van der Waals surface area contributed by atoms with Crippen molar-refractivity contribution in [2.45, 2.75) is 13.2 Å². The number of benzene rings is 2. The number of methoxy groups -OCH3 is 1. The van der Waals surface area contributed by atoms with Crippen molar-refractivity contribution in [1.29, 1.82) is 0 Å². The molecule has 2 rings (SSSR count). The smallest absolute Gasteiger partial charge is 0.122 e. The zero-order valence-electron chi connectivity index (χ0n) is 10.9. The number of nitrogen functional groups attached to an aromatic ring is 1. The van der Waals surface area contributed by atoms with Gasteiger partial charge in [0.2, 0.25) is 0 Å². The van der Waals surface area contributed by atoms with Crippen LogP contribution in [0.15, 0.2) is 42.5 Å². The Labute approximate surface area is 112 Å². The first kappa shape index (κ1) is 13.2. The normalized spacial score (nSPS) is 10.2. The van der Waals surface area contributed by atoms with Crippen molar-refractivity contribution >= 4 is 11.4 Å². The van der Waals surface area contributed by atoms with Gasteiger partial charge in [-0.1, -0.05) is 24.3 Å². The molecule has 2 aromatic rings. The maximum absolute atomic E-state index is 9.10. The molecule has 0 amide bonds. The van der Waals surface area contributed by atoms with E-state index in [2.05, 4.69) is 5.32 Å². The molecule has 0 spiro atoms. The van der Waals surface area contributed by atoms with Crippen LogP contribution in [-0.2, 0) is 13.2 Å². The Hall–Kier alpha value is -2.20. The predicted octanol–water partition coefficient (Wildman–Crippen LogP) is 2.38. The standard InChI is InChI=1S/C15H18N2O2/c1-19-15-7-13(16)6-14(8-15)17-9-11-3-2-4-12(5-11)10-18/h2-8,17-18H,9-10,16H2,1H3. The summed E-state index contributed by atoms with van der Waals surface area (Å²) in [6, 6.07) is 13.3. The first-order valence-electron chi connectivity index (χ1n) is 6.08. The van der Waals surface area contributed by atoms with E-state index in [4.69, 9.17) is 15.6 Å². The van der Waals surface area contributed by atoms with Crippen molar-refractivity contribution in [3.63, 3.8) is 0 Å². The third-order valence-corrected chi connectivity index (χ3v) is 2.84. The van der Waals surface area contributed by atoms with E-state index in [-0.39, 0.29) is 6.61 Å². The molecule has 0 aliphatic heterocycles. The Balaban J connectivity index is 2.07. The van der Waals surface area contributed by atoms with Crippen LogP contribution in [0, 0.1) is 0 Å². The summed E-state index contributed by atoms with van der Waals surface area (Å²) in [7, 11) is 1.61.